The number of aliphatic imine (C=N–C) groups is 1. The van der Waals surface area contributed by atoms with Gasteiger partial charge in [0.1, 0.15) is 0 Å². The molecule has 1 saturated heterocycles. The van der Waals surface area contributed by atoms with Gasteiger partial charge in [-0.1, -0.05) is 24.6 Å². The van der Waals surface area contributed by atoms with E-state index in [1.165, 1.54) is 36.6 Å². The highest BCUT2D eigenvalue weighted by atomic mass is 32.2. The van der Waals surface area contributed by atoms with Crippen LogP contribution in [0.25, 0.3) is 0 Å². The van der Waals surface area contributed by atoms with Crippen LogP contribution in [0.15, 0.2) is 4.99 Å². The smallest absolute Gasteiger partial charge is 0.157 e. The van der Waals surface area contributed by atoms with E-state index in [4.69, 9.17) is 9.73 Å². The summed E-state index contributed by atoms with van der Waals surface area (Å²) in [6, 6.07) is 1.14. The lowest BCUT2D eigenvalue weighted by Crippen LogP contribution is -2.46. The Morgan fingerprint density at radius 3 is 2.95 bits per heavy atom. The van der Waals surface area contributed by atoms with Gasteiger partial charge in [0.2, 0.25) is 0 Å². The standard InChI is InChI=1S/C15H26N2OS/c1-15(2)9-12(7-8-18-15)16-14-17-13-6-4-3-5-11(13)10-19-14/h11-13H,3-10H2,1-2H3,(H,16,17). The fraction of sp³-hybridized carbons (Fsp3) is 0.933. The van der Waals surface area contributed by atoms with Gasteiger partial charge in [0.25, 0.3) is 0 Å². The second-order valence-corrected chi connectivity index (χ2v) is 7.81. The molecule has 3 aliphatic rings. The zero-order valence-corrected chi connectivity index (χ0v) is 13.0. The monoisotopic (exact) mass is 282 g/mol. The quantitative estimate of drug-likeness (QED) is 0.802. The SMILES string of the molecule is CC1(C)CC(NC2=NC3CCCCC3CS2)CCO1. The van der Waals surface area contributed by atoms with Gasteiger partial charge < -0.3 is 10.1 Å². The molecule has 1 N–H and O–H groups in total. The van der Waals surface area contributed by atoms with Crippen molar-refractivity contribution in [2.45, 2.75) is 70.1 Å². The lowest BCUT2D eigenvalue weighted by atomic mass is 9.86. The summed E-state index contributed by atoms with van der Waals surface area (Å²) in [5.41, 5.74) is 0.0170. The van der Waals surface area contributed by atoms with Crippen LogP contribution in [-0.4, -0.2) is 35.2 Å². The van der Waals surface area contributed by atoms with Crippen molar-refractivity contribution in [3.63, 3.8) is 0 Å². The number of nitrogens with zero attached hydrogens (tertiary/aromatic N) is 1. The first-order chi connectivity index (χ1) is 9.12. The van der Waals surface area contributed by atoms with Crippen molar-refractivity contribution in [3.8, 4) is 0 Å². The Labute approximate surface area is 121 Å². The number of hydrogen-bond acceptors (Lipinski definition) is 4. The average molecular weight is 282 g/mol. The molecule has 3 unspecified atom stereocenters. The molecule has 0 bridgehead atoms. The van der Waals surface area contributed by atoms with E-state index < -0.39 is 0 Å². The van der Waals surface area contributed by atoms with Gasteiger partial charge in [-0.2, -0.15) is 0 Å². The maximum Gasteiger partial charge on any atom is 0.157 e. The summed E-state index contributed by atoms with van der Waals surface area (Å²) in [4.78, 5) is 4.97. The third-order valence-electron chi connectivity index (χ3n) is 4.61. The molecule has 0 amide bonds. The van der Waals surface area contributed by atoms with Gasteiger partial charge in [-0.05, 0) is 45.4 Å². The molecule has 0 radical (unpaired) electrons. The first-order valence-electron chi connectivity index (χ1n) is 7.73. The molecule has 2 heterocycles. The summed E-state index contributed by atoms with van der Waals surface area (Å²) in [5, 5.41) is 4.88. The van der Waals surface area contributed by atoms with E-state index >= 15 is 0 Å². The number of rotatable bonds is 1. The van der Waals surface area contributed by atoms with Crippen LogP contribution >= 0.6 is 11.8 Å². The zero-order chi connectivity index (χ0) is 13.3. The Kier molecular flexibility index (Phi) is 4.08. The second-order valence-electron chi connectivity index (χ2n) is 6.80. The maximum absolute atomic E-state index is 5.78. The van der Waals surface area contributed by atoms with Crippen molar-refractivity contribution < 1.29 is 4.74 Å². The Balaban J connectivity index is 1.59. The maximum atomic E-state index is 5.78. The number of amidine groups is 1. The lowest BCUT2D eigenvalue weighted by Gasteiger charge is -2.38. The molecule has 2 aliphatic heterocycles. The van der Waals surface area contributed by atoms with Gasteiger partial charge in [-0.25, -0.2) is 0 Å². The molecule has 1 aliphatic carbocycles. The number of fused-ring (bicyclic) bond motifs is 1. The van der Waals surface area contributed by atoms with Crippen molar-refractivity contribution in [2.24, 2.45) is 10.9 Å². The van der Waals surface area contributed by atoms with E-state index in [-0.39, 0.29) is 5.60 Å². The normalized spacial score (nSPS) is 38.2. The zero-order valence-electron chi connectivity index (χ0n) is 12.2. The van der Waals surface area contributed by atoms with E-state index in [2.05, 4.69) is 19.2 Å². The van der Waals surface area contributed by atoms with E-state index in [1.54, 1.807) is 0 Å². The van der Waals surface area contributed by atoms with Gasteiger partial charge in [0, 0.05) is 18.4 Å². The molecule has 0 aromatic rings. The van der Waals surface area contributed by atoms with Crippen LogP contribution in [0.2, 0.25) is 0 Å². The molecular formula is C15H26N2OS. The summed E-state index contributed by atoms with van der Waals surface area (Å²) in [6.07, 6.45) is 7.66. The summed E-state index contributed by atoms with van der Waals surface area (Å²) < 4.78 is 5.78. The van der Waals surface area contributed by atoms with Crippen LogP contribution in [0.1, 0.15) is 52.4 Å². The summed E-state index contributed by atoms with van der Waals surface area (Å²) >= 11 is 1.94. The number of nitrogens with one attached hydrogen (secondary N) is 1. The van der Waals surface area contributed by atoms with Gasteiger partial charge in [-0.3, -0.25) is 4.99 Å². The van der Waals surface area contributed by atoms with Crippen molar-refractivity contribution in [3.05, 3.63) is 0 Å². The average Bonchev–Trinajstić information content (AvgIpc) is 2.37. The minimum Gasteiger partial charge on any atom is -0.375 e. The predicted molar refractivity (Wildman–Crippen MR) is 81.8 cm³/mol. The van der Waals surface area contributed by atoms with Crippen LogP contribution in [0.4, 0.5) is 0 Å². The van der Waals surface area contributed by atoms with E-state index in [1.807, 2.05) is 11.8 Å². The molecule has 3 rings (SSSR count). The van der Waals surface area contributed by atoms with Gasteiger partial charge in [0.05, 0.1) is 11.6 Å². The molecule has 1 saturated carbocycles. The van der Waals surface area contributed by atoms with Gasteiger partial charge >= 0.3 is 0 Å². The molecule has 0 aromatic carbocycles. The molecule has 3 nitrogen and oxygen atoms in total. The Morgan fingerprint density at radius 2 is 2.11 bits per heavy atom. The molecule has 19 heavy (non-hydrogen) atoms. The summed E-state index contributed by atoms with van der Waals surface area (Å²) in [7, 11) is 0. The highest BCUT2D eigenvalue weighted by Gasteiger charge is 2.32. The van der Waals surface area contributed by atoms with Crippen molar-refractivity contribution in [2.75, 3.05) is 12.4 Å². The van der Waals surface area contributed by atoms with E-state index in [9.17, 15) is 0 Å². The molecule has 108 valence electrons. The minimum absolute atomic E-state index is 0.0170. The van der Waals surface area contributed by atoms with Crippen molar-refractivity contribution in [1.29, 1.82) is 0 Å². The Hall–Kier alpha value is -0.220. The topological polar surface area (TPSA) is 33.6 Å². The Bertz CT molecular complexity index is 356. The molecule has 2 fully saturated rings. The van der Waals surface area contributed by atoms with Crippen molar-refractivity contribution in [1.82, 2.24) is 5.32 Å². The number of thioether (sulfide) groups is 1. The number of ether oxygens (including phenoxy) is 1. The second kappa shape index (κ2) is 5.65. The van der Waals surface area contributed by atoms with Crippen LogP contribution in [0.5, 0.6) is 0 Å². The summed E-state index contributed by atoms with van der Waals surface area (Å²) in [5.74, 6) is 2.11. The molecular weight excluding hydrogens is 256 g/mol. The van der Waals surface area contributed by atoms with Crippen LogP contribution in [-0.2, 0) is 4.74 Å². The Morgan fingerprint density at radius 1 is 1.26 bits per heavy atom. The highest BCUT2D eigenvalue weighted by Crippen LogP contribution is 2.34. The first-order valence-corrected chi connectivity index (χ1v) is 8.72. The van der Waals surface area contributed by atoms with Crippen molar-refractivity contribution >= 4 is 16.9 Å². The van der Waals surface area contributed by atoms with Crippen LogP contribution in [0.3, 0.4) is 0 Å². The third-order valence-corrected chi connectivity index (χ3v) is 5.70. The minimum atomic E-state index is 0.0170. The van der Waals surface area contributed by atoms with E-state index in [0.29, 0.717) is 12.1 Å². The molecule has 0 aromatic heterocycles. The van der Waals surface area contributed by atoms with Gasteiger partial charge in [-0.15, -0.1) is 0 Å². The third kappa shape index (κ3) is 3.46. The molecule has 4 heteroatoms. The van der Waals surface area contributed by atoms with Crippen LogP contribution < -0.4 is 5.32 Å². The fourth-order valence-electron chi connectivity index (χ4n) is 3.53. The fourth-order valence-corrected chi connectivity index (χ4v) is 4.76. The largest absolute Gasteiger partial charge is 0.375 e. The molecule has 3 atom stereocenters. The van der Waals surface area contributed by atoms with Crippen LogP contribution in [0, 0.1) is 5.92 Å². The molecule has 0 spiro atoms. The van der Waals surface area contributed by atoms with Gasteiger partial charge in [0.15, 0.2) is 5.17 Å². The number of hydrogen-bond donors (Lipinski definition) is 1. The highest BCUT2D eigenvalue weighted by molar-refractivity contribution is 8.13. The summed E-state index contributed by atoms with van der Waals surface area (Å²) in [6.45, 7) is 5.25. The lowest BCUT2D eigenvalue weighted by molar-refractivity contribution is -0.0603. The van der Waals surface area contributed by atoms with E-state index in [0.717, 1.165) is 25.4 Å². The first kappa shape index (κ1) is 13.7. The predicted octanol–water partition coefficient (Wildman–Crippen LogP) is 3.20.